The first-order valence-electron chi connectivity index (χ1n) is 4.46. The summed E-state index contributed by atoms with van der Waals surface area (Å²) in [5, 5.41) is 0.797. The van der Waals surface area contributed by atoms with Crippen molar-refractivity contribution >= 4 is 17.5 Å². The quantitative estimate of drug-likeness (QED) is 0.648. The van der Waals surface area contributed by atoms with Gasteiger partial charge in [0.05, 0.1) is 5.75 Å². The van der Waals surface area contributed by atoms with Gasteiger partial charge in [-0.05, 0) is 12.8 Å². The fraction of sp³-hybridized carbons (Fsp3) is 0.889. The number of carbonyl (C=O) groups excluding carboxylic acids is 1. The molecule has 1 aliphatic rings. The van der Waals surface area contributed by atoms with E-state index < -0.39 is 0 Å². The zero-order valence-corrected chi connectivity index (χ0v) is 7.95. The highest BCUT2D eigenvalue weighted by atomic mass is 32.2. The highest BCUT2D eigenvalue weighted by molar-refractivity contribution is 8.00. The molecule has 1 nitrogen and oxygen atoms in total. The van der Waals surface area contributed by atoms with Crippen molar-refractivity contribution in [1.29, 1.82) is 0 Å². The van der Waals surface area contributed by atoms with E-state index >= 15 is 0 Å². The van der Waals surface area contributed by atoms with Crippen molar-refractivity contribution < 1.29 is 4.79 Å². The van der Waals surface area contributed by atoms with Crippen LogP contribution in [-0.4, -0.2) is 16.8 Å². The summed E-state index contributed by atoms with van der Waals surface area (Å²) in [7, 11) is 0. The summed E-state index contributed by atoms with van der Waals surface area (Å²) in [5.74, 6) is 1.16. The summed E-state index contributed by atoms with van der Waals surface area (Å²) in [4.78, 5) is 10.9. The number of thioether (sulfide) groups is 1. The third-order valence-corrected chi connectivity index (χ3v) is 3.61. The Morgan fingerprint density at radius 3 is 2.64 bits per heavy atom. The molecule has 0 aromatic heterocycles. The van der Waals surface area contributed by atoms with Crippen molar-refractivity contribution in [2.75, 3.05) is 5.75 Å². The SMILES string of the molecule is CCC(=O)CSC1CCCC1. The van der Waals surface area contributed by atoms with Gasteiger partial charge in [0.25, 0.3) is 0 Å². The number of hydrogen-bond acceptors (Lipinski definition) is 2. The monoisotopic (exact) mass is 172 g/mol. The molecule has 64 valence electrons. The molecule has 1 fully saturated rings. The minimum absolute atomic E-state index is 0.405. The molecule has 0 aromatic carbocycles. The van der Waals surface area contributed by atoms with Crippen LogP contribution in [0.2, 0.25) is 0 Å². The van der Waals surface area contributed by atoms with Crippen LogP contribution in [0.25, 0.3) is 0 Å². The van der Waals surface area contributed by atoms with Gasteiger partial charge in [-0.3, -0.25) is 4.79 Å². The second-order valence-electron chi connectivity index (χ2n) is 3.11. The highest BCUT2D eigenvalue weighted by Gasteiger charge is 2.15. The zero-order valence-electron chi connectivity index (χ0n) is 7.14. The van der Waals surface area contributed by atoms with Gasteiger partial charge in [-0.2, -0.15) is 11.8 Å². The van der Waals surface area contributed by atoms with Crippen LogP contribution in [0.1, 0.15) is 39.0 Å². The lowest BCUT2D eigenvalue weighted by Crippen LogP contribution is -2.03. The molecule has 0 unspecified atom stereocenters. The van der Waals surface area contributed by atoms with Crippen LogP contribution in [0.3, 0.4) is 0 Å². The summed E-state index contributed by atoms with van der Waals surface area (Å²) in [6.07, 6.45) is 6.12. The zero-order chi connectivity index (χ0) is 8.10. The Labute approximate surface area is 72.9 Å². The van der Waals surface area contributed by atoms with Crippen molar-refractivity contribution in [3.05, 3.63) is 0 Å². The van der Waals surface area contributed by atoms with E-state index in [-0.39, 0.29) is 0 Å². The Bertz CT molecular complexity index is 128. The molecule has 0 atom stereocenters. The average molecular weight is 172 g/mol. The van der Waals surface area contributed by atoms with E-state index in [4.69, 9.17) is 0 Å². The minimum atomic E-state index is 0.405. The van der Waals surface area contributed by atoms with Crippen LogP contribution in [-0.2, 0) is 4.79 Å². The van der Waals surface area contributed by atoms with E-state index in [1.54, 1.807) is 0 Å². The van der Waals surface area contributed by atoms with Crippen molar-refractivity contribution in [2.24, 2.45) is 0 Å². The lowest BCUT2D eigenvalue weighted by Gasteiger charge is -2.05. The molecule has 0 bridgehead atoms. The van der Waals surface area contributed by atoms with Gasteiger partial charge in [0.1, 0.15) is 5.78 Å². The molecular formula is C9H16OS. The van der Waals surface area contributed by atoms with E-state index in [9.17, 15) is 4.79 Å². The van der Waals surface area contributed by atoms with Gasteiger partial charge in [-0.1, -0.05) is 19.8 Å². The molecule has 0 radical (unpaired) electrons. The van der Waals surface area contributed by atoms with Gasteiger partial charge in [0.2, 0.25) is 0 Å². The summed E-state index contributed by atoms with van der Waals surface area (Å²) < 4.78 is 0. The van der Waals surface area contributed by atoms with Gasteiger partial charge < -0.3 is 0 Å². The molecule has 0 aliphatic heterocycles. The summed E-state index contributed by atoms with van der Waals surface area (Å²) in [6.45, 7) is 1.94. The van der Waals surface area contributed by atoms with E-state index in [0.717, 1.165) is 11.0 Å². The van der Waals surface area contributed by atoms with Crippen LogP contribution >= 0.6 is 11.8 Å². The van der Waals surface area contributed by atoms with Crippen LogP contribution in [0.15, 0.2) is 0 Å². The maximum Gasteiger partial charge on any atom is 0.142 e. The Hall–Kier alpha value is 0.0200. The van der Waals surface area contributed by atoms with Gasteiger partial charge in [-0.25, -0.2) is 0 Å². The van der Waals surface area contributed by atoms with Crippen LogP contribution in [0, 0.1) is 0 Å². The molecule has 0 heterocycles. The molecule has 1 aliphatic carbocycles. The van der Waals surface area contributed by atoms with Crippen molar-refractivity contribution in [1.82, 2.24) is 0 Å². The second kappa shape index (κ2) is 4.81. The summed E-state index contributed by atoms with van der Waals surface area (Å²) in [6, 6.07) is 0. The lowest BCUT2D eigenvalue weighted by atomic mass is 10.3. The number of hydrogen-bond donors (Lipinski definition) is 0. The first kappa shape index (κ1) is 9.11. The predicted octanol–water partition coefficient (Wildman–Crippen LogP) is 2.64. The molecular weight excluding hydrogens is 156 g/mol. The highest BCUT2D eigenvalue weighted by Crippen LogP contribution is 2.29. The standard InChI is InChI=1S/C9H16OS/c1-2-8(10)7-11-9-5-3-4-6-9/h9H,2-7H2,1H3. The van der Waals surface area contributed by atoms with Crippen LogP contribution in [0.4, 0.5) is 0 Å². The fourth-order valence-electron chi connectivity index (χ4n) is 1.37. The molecule has 0 amide bonds. The molecule has 0 saturated heterocycles. The lowest BCUT2D eigenvalue weighted by molar-refractivity contribution is -0.116. The van der Waals surface area contributed by atoms with E-state index in [0.29, 0.717) is 12.2 Å². The topological polar surface area (TPSA) is 17.1 Å². The Morgan fingerprint density at radius 2 is 2.09 bits per heavy atom. The maximum atomic E-state index is 10.9. The molecule has 1 saturated carbocycles. The van der Waals surface area contributed by atoms with Gasteiger partial charge in [0, 0.05) is 11.7 Å². The smallest absolute Gasteiger partial charge is 0.142 e. The van der Waals surface area contributed by atoms with E-state index in [2.05, 4.69) is 0 Å². The molecule has 2 heteroatoms. The summed E-state index contributed by atoms with van der Waals surface area (Å²) in [5.41, 5.74) is 0. The maximum absolute atomic E-state index is 10.9. The predicted molar refractivity (Wildman–Crippen MR) is 50.0 cm³/mol. The number of ketones is 1. The van der Waals surface area contributed by atoms with Gasteiger partial charge in [0.15, 0.2) is 0 Å². The minimum Gasteiger partial charge on any atom is -0.299 e. The average Bonchev–Trinajstić information content (AvgIpc) is 2.52. The van der Waals surface area contributed by atoms with Crippen molar-refractivity contribution in [3.63, 3.8) is 0 Å². The first-order valence-corrected chi connectivity index (χ1v) is 5.51. The normalized spacial score (nSPS) is 19.0. The second-order valence-corrected chi connectivity index (χ2v) is 4.40. The summed E-state index contributed by atoms with van der Waals surface area (Å²) >= 11 is 1.87. The van der Waals surface area contributed by atoms with Gasteiger partial charge >= 0.3 is 0 Å². The number of Topliss-reactive ketones (excluding diaryl/α,β-unsaturated/α-hetero) is 1. The van der Waals surface area contributed by atoms with E-state index in [1.165, 1.54) is 25.7 Å². The molecule has 1 rings (SSSR count). The largest absolute Gasteiger partial charge is 0.299 e. The molecule has 11 heavy (non-hydrogen) atoms. The molecule has 0 aromatic rings. The number of rotatable bonds is 4. The third-order valence-electron chi connectivity index (χ3n) is 2.18. The molecule has 0 spiro atoms. The first-order chi connectivity index (χ1) is 5.33. The molecule has 0 N–H and O–H groups in total. The Kier molecular flexibility index (Phi) is 3.98. The van der Waals surface area contributed by atoms with Crippen LogP contribution < -0.4 is 0 Å². The van der Waals surface area contributed by atoms with Crippen molar-refractivity contribution in [2.45, 2.75) is 44.3 Å². The Morgan fingerprint density at radius 1 is 1.45 bits per heavy atom. The third kappa shape index (κ3) is 3.28. The van der Waals surface area contributed by atoms with Crippen LogP contribution in [0.5, 0.6) is 0 Å². The van der Waals surface area contributed by atoms with Crippen molar-refractivity contribution in [3.8, 4) is 0 Å². The Balaban J connectivity index is 2.06. The van der Waals surface area contributed by atoms with E-state index in [1.807, 2.05) is 18.7 Å². The van der Waals surface area contributed by atoms with Gasteiger partial charge in [-0.15, -0.1) is 0 Å². The fourth-order valence-corrected chi connectivity index (χ4v) is 2.66. The number of carbonyl (C=O) groups is 1.